The third-order valence-electron chi connectivity index (χ3n) is 5.56. The van der Waals surface area contributed by atoms with Gasteiger partial charge in [-0.1, -0.05) is 50.1 Å². The molecule has 2 amide bonds. The first-order valence-electron chi connectivity index (χ1n) is 10.4. The monoisotopic (exact) mass is 399 g/mol. The zero-order valence-corrected chi connectivity index (χ0v) is 16.9. The van der Waals surface area contributed by atoms with Gasteiger partial charge in [0.05, 0.1) is 18.7 Å². The van der Waals surface area contributed by atoms with Gasteiger partial charge in [0.1, 0.15) is 0 Å². The molecule has 1 heterocycles. The van der Waals surface area contributed by atoms with E-state index in [9.17, 15) is 14.4 Å². The third kappa shape index (κ3) is 6.14. The van der Waals surface area contributed by atoms with Crippen LogP contribution in [0.3, 0.4) is 0 Å². The lowest BCUT2D eigenvalue weighted by molar-refractivity contribution is -0.150. The summed E-state index contributed by atoms with van der Waals surface area (Å²) in [5.41, 5.74) is 1.87. The largest absolute Gasteiger partial charge is 0.456 e. The number of carbonyl (C=O) groups excluding carboxylic acids is 3. The van der Waals surface area contributed by atoms with Crippen LogP contribution in [0.15, 0.2) is 35.4 Å². The van der Waals surface area contributed by atoms with Gasteiger partial charge < -0.3 is 10.1 Å². The molecule has 3 rings (SSSR count). The number of hydrogen-bond donors (Lipinski definition) is 1. The number of hydrazone groups is 1. The Morgan fingerprint density at radius 2 is 1.90 bits per heavy atom. The molecule has 156 valence electrons. The minimum atomic E-state index is -0.545. The van der Waals surface area contributed by atoms with Crippen molar-refractivity contribution in [3.05, 3.63) is 35.9 Å². The normalized spacial score (nSPS) is 21.4. The fraction of sp³-hybridized carbons (Fsp3) is 0.545. The third-order valence-corrected chi connectivity index (χ3v) is 5.56. The average Bonchev–Trinajstić information content (AvgIpc) is 3.23. The van der Waals surface area contributed by atoms with Crippen LogP contribution in [0.2, 0.25) is 0 Å². The summed E-state index contributed by atoms with van der Waals surface area (Å²) in [5.74, 6) is -0.590. The van der Waals surface area contributed by atoms with Crippen LogP contribution in [-0.2, 0) is 19.1 Å². The van der Waals surface area contributed by atoms with Crippen LogP contribution in [0.1, 0.15) is 57.4 Å². The topological polar surface area (TPSA) is 88.1 Å². The molecule has 7 nitrogen and oxygen atoms in total. The quantitative estimate of drug-likeness (QED) is 0.714. The molecule has 1 fully saturated rings. The Bertz CT molecular complexity index is 763. The highest BCUT2D eigenvalue weighted by atomic mass is 16.5. The molecule has 2 unspecified atom stereocenters. The summed E-state index contributed by atoms with van der Waals surface area (Å²) in [4.78, 5) is 36.2. The smallest absolute Gasteiger partial charge is 0.306 e. The van der Waals surface area contributed by atoms with Crippen molar-refractivity contribution in [3.8, 4) is 0 Å². The van der Waals surface area contributed by atoms with Gasteiger partial charge in [-0.15, -0.1) is 0 Å². The van der Waals surface area contributed by atoms with Crippen LogP contribution < -0.4 is 5.32 Å². The molecule has 1 N–H and O–H groups in total. The molecule has 2 atom stereocenters. The van der Waals surface area contributed by atoms with Gasteiger partial charge in [0, 0.05) is 18.9 Å². The Morgan fingerprint density at radius 3 is 2.66 bits per heavy atom. The molecule has 1 aromatic carbocycles. The van der Waals surface area contributed by atoms with Crippen molar-refractivity contribution in [1.82, 2.24) is 10.3 Å². The van der Waals surface area contributed by atoms with Crippen LogP contribution >= 0.6 is 0 Å². The molecule has 7 heteroatoms. The van der Waals surface area contributed by atoms with Gasteiger partial charge in [-0.25, -0.2) is 5.01 Å². The summed E-state index contributed by atoms with van der Waals surface area (Å²) in [6.07, 6.45) is 5.05. The molecule has 0 aromatic heterocycles. The van der Waals surface area contributed by atoms with Gasteiger partial charge in [-0.3, -0.25) is 14.4 Å². The second-order valence-corrected chi connectivity index (χ2v) is 7.78. The van der Waals surface area contributed by atoms with E-state index < -0.39 is 5.97 Å². The molecule has 0 spiro atoms. The number of amides is 2. The highest BCUT2D eigenvalue weighted by molar-refractivity contribution is 6.02. The van der Waals surface area contributed by atoms with Crippen molar-refractivity contribution in [2.45, 2.75) is 57.9 Å². The SMILES string of the molecule is CC1CCCCC1NC(=O)COC(=O)CCC(=O)N1CCC(c2ccccc2)=N1. The van der Waals surface area contributed by atoms with Gasteiger partial charge in [0.2, 0.25) is 5.91 Å². The lowest BCUT2D eigenvalue weighted by atomic mass is 9.86. The number of esters is 1. The van der Waals surface area contributed by atoms with Crippen molar-refractivity contribution in [3.63, 3.8) is 0 Å². The number of nitrogens with one attached hydrogen (secondary N) is 1. The Kier molecular flexibility index (Phi) is 7.38. The number of hydrogen-bond acceptors (Lipinski definition) is 5. The highest BCUT2D eigenvalue weighted by Crippen LogP contribution is 2.23. The van der Waals surface area contributed by atoms with E-state index in [1.165, 1.54) is 11.4 Å². The van der Waals surface area contributed by atoms with Gasteiger partial charge in [-0.05, 0) is 24.3 Å². The van der Waals surface area contributed by atoms with Crippen LogP contribution in [0.5, 0.6) is 0 Å². The van der Waals surface area contributed by atoms with Crippen LogP contribution in [0.25, 0.3) is 0 Å². The minimum absolute atomic E-state index is 0.0195. The molecule has 1 aliphatic heterocycles. The maximum atomic E-state index is 12.3. The van der Waals surface area contributed by atoms with Crippen LogP contribution in [0.4, 0.5) is 0 Å². The number of carbonyl (C=O) groups is 3. The lowest BCUT2D eigenvalue weighted by Crippen LogP contribution is -2.42. The Hall–Kier alpha value is -2.70. The molecule has 2 aliphatic rings. The fourth-order valence-corrected chi connectivity index (χ4v) is 3.81. The van der Waals surface area contributed by atoms with Crippen molar-refractivity contribution < 1.29 is 19.1 Å². The Balaban J connectivity index is 1.36. The van der Waals surface area contributed by atoms with Crippen molar-refractivity contribution >= 4 is 23.5 Å². The second kappa shape index (κ2) is 10.2. The van der Waals surface area contributed by atoms with Crippen molar-refractivity contribution in [2.75, 3.05) is 13.2 Å². The van der Waals surface area contributed by atoms with Crippen molar-refractivity contribution in [2.24, 2.45) is 11.0 Å². The van der Waals surface area contributed by atoms with E-state index in [4.69, 9.17) is 4.74 Å². The highest BCUT2D eigenvalue weighted by Gasteiger charge is 2.24. The van der Waals surface area contributed by atoms with E-state index in [2.05, 4.69) is 17.3 Å². The van der Waals surface area contributed by atoms with Crippen LogP contribution in [0, 0.1) is 5.92 Å². The summed E-state index contributed by atoms with van der Waals surface area (Å²) in [6, 6.07) is 9.88. The van der Waals surface area contributed by atoms with Crippen molar-refractivity contribution in [1.29, 1.82) is 0 Å². The summed E-state index contributed by atoms with van der Waals surface area (Å²) in [6.45, 7) is 2.35. The van der Waals surface area contributed by atoms with E-state index in [0.29, 0.717) is 18.9 Å². The van der Waals surface area contributed by atoms with Gasteiger partial charge in [-0.2, -0.15) is 5.10 Å². The van der Waals surface area contributed by atoms with Gasteiger partial charge in [0.15, 0.2) is 6.61 Å². The fourth-order valence-electron chi connectivity index (χ4n) is 3.81. The summed E-state index contributed by atoms with van der Waals surface area (Å²) < 4.78 is 5.03. The first-order chi connectivity index (χ1) is 14.0. The maximum absolute atomic E-state index is 12.3. The van der Waals surface area contributed by atoms with E-state index in [0.717, 1.165) is 30.5 Å². The predicted octanol–water partition coefficient (Wildman–Crippen LogP) is 2.64. The molecule has 1 aliphatic carbocycles. The van der Waals surface area contributed by atoms with Gasteiger partial charge >= 0.3 is 5.97 Å². The Morgan fingerprint density at radius 1 is 1.14 bits per heavy atom. The maximum Gasteiger partial charge on any atom is 0.306 e. The first-order valence-corrected chi connectivity index (χ1v) is 10.4. The molecule has 0 radical (unpaired) electrons. The zero-order valence-electron chi connectivity index (χ0n) is 16.9. The molecule has 1 aromatic rings. The van der Waals surface area contributed by atoms with Gasteiger partial charge in [0.25, 0.3) is 5.91 Å². The molecule has 0 bridgehead atoms. The average molecular weight is 399 g/mol. The summed E-state index contributed by atoms with van der Waals surface area (Å²) in [7, 11) is 0. The number of rotatable bonds is 7. The lowest BCUT2D eigenvalue weighted by Gasteiger charge is -2.29. The molecule has 0 saturated heterocycles. The van der Waals surface area contributed by atoms with E-state index >= 15 is 0 Å². The molecule has 29 heavy (non-hydrogen) atoms. The van der Waals surface area contributed by atoms with E-state index in [1.807, 2.05) is 30.3 Å². The molecule has 1 saturated carbocycles. The predicted molar refractivity (Wildman–Crippen MR) is 109 cm³/mol. The number of nitrogens with zero attached hydrogens (tertiary/aromatic N) is 2. The summed E-state index contributed by atoms with van der Waals surface area (Å²) >= 11 is 0. The standard InChI is InChI=1S/C22H29N3O4/c1-16-7-5-6-10-18(16)23-20(26)15-29-22(28)12-11-21(27)25-14-13-19(24-25)17-8-3-2-4-9-17/h2-4,8-9,16,18H,5-7,10-15H2,1H3,(H,23,26). The molecular formula is C22H29N3O4. The van der Waals surface area contributed by atoms with Crippen LogP contribution in [-0.4, -0.2) is 47.7 Å². The second-order valence-electron chi connectivity index (χ2n) is 7.78. The van der Waals surface area contributed by atoms with E-state index in [-0.39, 0.29) is 37.3 Å². The zero-order chi connectivity index (χ0) is 20.6. The molecular weight excluding hydrogens is 370 g/mol. The number of ether oxygens (including phenoxy) is 1. The van der Waals surface area contributed by atoms with E-state index in [1.54, 1.807) is 0 Å². The minimum Gasteiger partial charge on any atom is -0.456 e. The summed E-state index contributed by atoms with van der Waals surface area (Å²) in [5, 5.41) is 8.72. The Labute approximate surface area is 171 Å². The number of benzene rings is 1. The first kappa shape index (κ1) is 21.0.